The van der Waals surface area contributed by atoms with Crippen molar-refractivity contribution in [3.05, 3.63) is 21.9 Å². The van der Waals surface area contributed by atoms with E-state index in [4.69, 9.17) is 0 Å². The number of likely N-dealkylation sites (tertiary alicyclic amines) is 1. The number of rotatable bonds is 2. The molecule has 0 aliphatic carbocycles. The number of nitrogens with zero attached hydrogens (tertiary/aromatic N) is 3. The predicted octanol–water partition coefficient (Wildman–Crippen LogP) is 2.78. The minimum Gasteiger partial charge on any atom is -0.343 e. The minimum absolute atomic E-state index is 0.173. The molecule has 0 bridgehead atoms. The van der Waals surface area contributed by atoms with E-state index in [1.54, 1.807) is 18.3 Å². The Hall–Kier alpha value is -1.40. The molecule has 4 rings (SSSR count). The van der Waals surface area contributed by atoms with Crippen molar-refractivity contribution < 1.29 is 9.59 Å². The molecule has 0 radical (unpaired) electrons. The summed E-state index contributed by atoms with van der Waals surface area (Å²) in [6.07, 6.45) is 5.85. The number of carbonyl (C=O) groups is 2. The Kier molecular flexibility index (Phi) is 5.32. The Labute approximate surface area is 159 Å². The second-order valence-corrected chi connectivity index (χ2v) is 8.90. The maximum atomic E-state index is 13.0. The van der Waals surface area contributed by atoms with Crippen molar-refractivity contribution in [1.82, 2.24) is 14.7 Å². The summed E-state index contributed by atoms with van der Waals surface area (Å²) in [5, 5.41) is 2.04. The zero-order valence-electron chi connectivity index (χ0n) is 15.7. The van der Waals surface area contributed by atoms with E-state index in [2.05, 4.69) is 15.9 Å². The van der Waals surface area contributed by atoms with Crippen molar-refractivity contribution in [2.24, 2.45) is 0 Å². The molecule has 0 spiro atoms. The topological polar surface area (TPSA) is 43.9 Å². The smallest absolute Gasteiger partial charge is 0.254 e. The molecule has 0 saturated carbocycles. The van der Waals surface area contributed by atoms with E-state index in [-0.39, 0.29) is 11.8 Å². The van der Waals surface area contributed by atoms with Gasteiger partial charge in [-0.2, -0.15) is 0 Å². The van der Waals surface area contributed by atoms with Gasteiger partial charge in [0.2, 0.25) is 5.91 Å². The summed E-state index contributed by atoms with van der Waals surface area (Å²) >= 11 is 1.72. The fraction of sp³-hybridized carbons (Fsp3) is 0.700. The van der Waals surface area contributed by atoms with Gasteiger partial charge >= 0.3 is 0 Å². The van der Waals surface area contributed by atoms with E-state index in [0.29, 0.717) is 12.0 Å². The van der Waals surface area contributed by atoms with Crippen LogP contribution in [-0.4, -0.2) is 71.8 Å². The van der Waals surface area contributed by atoms with Crippen LogP contribution in [0.4, 0.5) is 0 Å². The van der Waals surface area contributed by atoms with E-state index < -0.39 is 0 Å². The lowest BCUT2D eigenvalue weighted by Crippen LogP contribution is -2.56. The molecule has 6 heteroatoms. The standard InChI is InChI=1S/C20H29N3O2S/c1-15(24)21-8-5-16(6-9-21)19-12-17(14-26-19)20(25)23-11-10-22-7-3-2-4-18(22)13-23/h12,14,16,18H,2-11,13H2,1H3. The highest BCUT2D eigenvalue weighted by Gasteiger charge is 2.32. The molecule has 4 heterocycles. The number of fused-ring (bicyclic) bond motifs is 1. The summed E-state index contributed by atoms with van der Waals surface area (Å²) < 4.78 is 0. The van der Waals surface area contributed by atoms with Crippen molar-refractivity contribution in [3.63, 3.8) is 0 Å². The molecule has 1 aromatic heterocycles. The number of amides is 2. The van der Waals surface area contributed by atoms with E-state index in [1.807, 2.05) is 10.3 Å². The summed E-state index contributed by atoms with van der Waals surface area (Å²) in [5.74, 6) is 0.874. The first-order valence-electron chi connectivity index (χ1n) is 9.99. The van der Waals surface area contributed by atoms with E-state index in [9.17, 15) is 9.59 Å². The Morgan fingerprint density at radius 2 is 1.81 bits per heavy atom. The van der Waals surface area contributed by atoms with Gasteiger partial charge in [-0.1, -0.05) is 6.42 Å². The van der Waals surface area contributed by atoms with Gasteiger partial charge in [0.25, 0.3) is 5.91 Å². The molecule has 0 aromatic carbocycles. The van der Waals surface area contributed by atoms with Gasteiger partial charge in [0.1, 0.15) is 0 Å². The van der Waals surface area contributed by atoms with Gasteiger partial charge in [0, 0.05) is 55.9 Å². The first-order valence-corrected chi connectivity index (χ1v) is 10.9. The highest BCUT2D eigenvalue weighted by molar-refractivity contribution is 7.10. The molecule has 1 aromatic rings. The fourth-order valence-electron chi connectivity index (χ4n) is 4.68. The quantitative estimate of drug-likeness (QED) is 0.798. The number of piperazine rings is 1. The van der Waals surface area contributed by atoms with Gasteiger partial charge in [-0.15, -0.1) is 11.3 Å². The molecule has 1 unspecified atom stereocenters. The van der Waals surface area contributed by atoms with Crippen molar-refractivity contribution in [2.45, 2.75) is 51.0 Å². The van der Waals surface area contributed by atoms with Crippen LogP contribution in [0, 0.1) is 0 Å². The van der Waals surface area contributed by atoms with Gasteiger partial charge in [0.05, 0.1) is 5.56 Å². The molecule has 3 aliphatic rings. The van der Waals surface area contributed by atoms with Crippen LogP contribution in [0.25, 0.3) is 0 Å². The third-order valence-corrected chi connectivity index (χ3v) is 7.43. The minimum atomic E-state index is 0.173. The first kappa shape index (κ1) is 18.0. The average Bonchev–Trinajstić information content (AvgIpc) is 3.17. The molecular weight excluding hydrogens is 346 g/mol. The van der Waals surface area contributed by atoms with Gasteiger partial charge in [-0.3, -0.25) is 14.5 Å². The van der Waals surface area contributed by atoms with E-state index >= 15 is 0 Å². The normalized spacial score (nSPS) is 25.2. The average molecular weight is 376 g/mol. The van der Waals surface area contributed by atoms with E-state index in [1.165, 1.54) is 30.7 Å². The molecule has 5 nitrogen and oxygen atoms in total. The monoisotopic (exact) mass is 375 g/mol. The molecule has 2 amide bonds. The number of thiophene rings is 1. The van der Waals surface area contributed by atoms with Gasteiger partial charge in [-0.05, 0) is 44.2 Å². The summed E-state index contributed by atoms with van der Waals surface area (Å²) in [6, 6.07) is 2.68. The summed E-state index contributed by atoms with van der Waals surface area (Å²) in [6.45, 7) is 7.30. The molecule has 0 N–H and O–H groups in total. The molecule has 3 saturated heterocycles. The second-order valence-electron chi connectivity index (χ2n) is 7.95. The second kappa shape index (κ2) is 7.69. The van der Waals surface area contributed by atoms with Crippen LogP contribution >= 0.6 is 11.3 Å². The third-order valence-electron chi connectivity index (χ3n) is 6.33. The van der Waals surface area contributed by atoms with Crippen LogP contribution in [0.1, 0.15) is 60.2 Å². The predicted molar refractivity (Wildman–Crippen MR) is 104 cm³/mol. The number of piperidine rings is 2. The largest absolute Gasteiger partial charge is 0.343 e. The van der Waals surface area contributed by atoms with Gasteiger partial charge in [-0.25, -0.2) is 0 Å². The molecule has 3 aliphatic heterocycles. The molecule has 1 atom stereocenters. The van der Waals surface area contributed by atoms with E-state index in [0.717, 1.165) is 51.1 Å². The lowest BCUT2D eigenvalue weighted by Gasteiger charge is -2.44. The zero-order chi connectivity index (χ0) is 18.1. The molecule has 26 heavy (non-hydrogen) atoms. The van der Waals surface area contributed by atoms with Crippen LogP contribution < -0.4 is 0 Å². The number of carbonyl (C=O) groups excluding carboxylic acids is 2. The lowest BCUT2D eigenvalue weighted by molar-refractivity contribution is -0.129. The fourth-order valence-corrected chi connectivity index (χ4v) is 5.74. The van der Waals surface area contributed by atoms with Crippen molar-refractivity contribution >= 4 is 23.2 Å². The number of hydrogen-bond donors (Lipinski definition) is 0. The summed E-state index contributed by atoms with van der Waals surface area (Å²) in [7, 11) is 0. The lowest BCUT2D eigenvalue weighted by atomic mass is 9.94. The Morgan fingerprint density at radius 3 is 2.58 bits per heavy atom. The SMILES string of the molecule is CC(=O)N1CCC(c2cc(C(=O)N3CCN4CCCCC4C3)cs2)CC1. The van der Waals surface area contributed by atoms with Crippen LogP contribution in [0.2, 0.25) is 0 Å². The third kappa shape index (κ3) is 3.67. The summed E-state index contributed by atoms with van der Waals surface area (Å²) in [4.78, 5) is 32.3. The van der Waals surface area contributed by atoms with Crippen LogP contribution in [0.15, 0.2) is 11.4 Å². The highest BCUT2D eigenvalue weighted by Crippen LogP contribution is 2.33. The zero-order valence-corrected chi connectivity index (χ0v) is 16.5. The van der Waals surface area contributed by atoms with Crippen molar-refractivity contribution in [3.8, 4) is 0 Å². The Morgan fingerprint density at radius 1 is 1.00 bits per heavy atom. The molecular formula is C20H29N3O2S. The van der Waals surface area contributed by atoms with Crippen LogP contribution in [-0.2, 0) is 4.79 Å². The molecule has 142 valence electrons. The van der Waals surface area contributed by atoms with Crippen molar-refractivity contribution in [1.29, 1.82) is 0 Å². The van der Waals surface area contributed by atoms with Crippen LogP contribution in [0.3, 0.4) is 0 Å². The summed E-state index contributed by atoms with van der Waals surface area (Å²) in [5.41, 5.74) is 0.864. The Balaban J connectivity index is 1.37. The Bertz CT molecular complexity index is 666. The van der Waals surface area contributed by atoms with Crippen LogP contribution in [0.5, 0.6) is 0 Å². The van der Waals surface area contributed by atoms with Gasteiger partial charge in [0.15, 0.2) is 0 Å². The van der Waals surface area contributed by atoms with Gasteiger partial charge < -0.3 is 9.80 Å². The highest BCUT2D eigenvalue weighted by atomic mass is 32.1. The van der Waals surface area contributed by atoms with Crippen molar-refractivity contribution in [2.75, 3.05) is 39.3 Å². The number of hydrogen-bond acceptors (Lipinski definition) is 4. The maximum absolute atomic E-state index is 13.0. The maximum Gasteiger partial charge on any atom is 0.254 e. The molecule has 3 fully saturated rings. The first-order chi connectivity index (χ1) is 12.6.